The van der Waals surface area contributed by atoms with Crippen molar-refractivity contribution in [3.8, 4) is 0 Å². The molecule has 0 aromatic carbocycles. The highest BCUT2D eigenvalue weighted by molar-refractivity contribution is 5.92. The maximum Gasteiger partial charge on any atom is 0.241 e. The van der Waals surface area contributed by atoms with Crippen LogP contribution < -0.4 is 10.6 Å². The van der Waals surface area contributed by atoms with Gasteiger partial charge in [-0.2, -0.15) is 0 Å². The third kappa shape index (κ3) is 5.59. The predicted octanol–water partition coefficient (Wildman–Crippen LogP) is 0.865. The van der Waals surface area contributed by atoms with E-state index in [1.807, 2.05) is 0 Å². The Morgan fingerprint density at radius 2 is 2.08 bits per heavy atom. The van der Waals surface area contributed by atoms with E-state index in [1.54, 1.807) is 6.20 Å². The molecule has 1 aliphatic rings. The van der Waals surface area contributed by atoms with Crippen LogP contribution in [0.1, 0.15) is 39.5 Å². The van der Waals surface area contributed by atoms with E-state index < -0.39 is 0 Å². The maximum atomic E-state index is 11.9. The Hall–Kier alpha value is -1.96. The second kappa shape index (κ2) is 9.36. The Kier molecular flexibility index (Phi) is 7.17. The molecular weight excluding hydrogens is 308 g/mol. The number of hydrogen-bond donors (Lipinski definition) is 2. The van der Waals surface area contributed by atoms with Gasteiger partial charge in [0.1, 0.15) is 6.54 Å². The Morgan fingerprint density at radius 3 is 2.71 bits per heavy atom. The van der Waals surface area contributed by atoms with Crippen molar-refractivity contribution in [1.82, 2.24) is 25.2 Å². The molecule has 1 aromatic heterocycles. The zero-order chi connectivity index (χ0) is 17.4. The molecule has 134 valence electrons. The van der Waals surface area contributed by atoms with Crippen LogP contribution in [-0.4, -0.2) is 57.9 Å². The zero-order valence-corrected chi connectivity index (χ0v) is 14.6. The van der Waals surface area contributed by atoms with Crippen LogP contribution in [0.3, 0.4) is 0 Å². The molecule has 0 spiro atoms. The Morgan fingerprint density at radius 1 is 1.33 bits per heavy atom. The van der Waals surface area contributed by atoms with Crippen LogP contribution in [0, 0.1) is 5.92 Å². The molecule has 1 aliphatic carbocycles. The van der Waals surface area contributed by atoms with Crippen LogP contribution in [-0.2, 0) is 16.1 Å². The average Bonchev–Trinajstić information content (AvgIpc) is 2.92. The first-order valence-electron chi connectivity index (χ1n) is 8.82. The van der Waals surface area contributed by atoms with E-state index in [2.05, 4.69) is 39.7 Å². The Balaban J connectivity index is 1.65. The topological polar surface area (TPSA) is 92.2 Å². The van der Waals surface area contributed by atoms with E-state index in [4.69, 9.17) is 0 Å². The van der Waals surface area contributed by atoms with Crippen molar-refractivity contribution >= 4 is 17.6 Å². The fourth-order valence-electron chi connectivity index (χ4n) is 2.61. The number of hydrogen-bond acceptors (Lipinski definition) is 5. The van der Waals surface area contributed by atoms with Gasteiger partial charge in [0.05, 0.1) is 6.20 Å². The summed E-state index contributed by atoms with van der Waals surface area (Å²) >= 11 is 0. The zero-order valence-electron chi connectivity index (χ0n) is 14.6. The van der Waals surface area contributed by atoms with Gasteiger partial charge in [-0.25, -0.2) is 4.68 Å². The summed E-state index contributed by atoms with van der Waals surface area (Å²) in [5, 5.41) is 13.4. The summed E-state index contributed by atoms with van der Waals surface area (Å²) in [5.41, 5.74) is 0. The summed E-state index contributed by atoms with van der Waals surface area (Å²) in [6, 6.07) is 0. The van der Waals surface area contributed by atoms with Gasteiger partial charge < -0.3 is 15.5 Å². The van der Waals surface area contributed by atoms with E-state index in [0.717, 1.165) is 45.3 Å². The Labute approximate surface area is 143 Å². The average molecular weight is 336 g/mol. The van der Waals surface area contributed by atoms with Crippen LogP contribution >= 0.6 is 0 Å². The molecule has 2 amide bonds. The number of anilines is 1. The smallest absolute Gasteiger partial charge is 0.241 e. The number of nitrogens with one attached hydrogen (secondary N) is 2. The molecule has 0 bridgehead atoms. The lowest BCUT2D eigenvalue weighted by molar-refractivity contribution is -0.122. The molecule has 1 aromatic rings. The molecule has 0 radical (unpaired) electrons. The Bertz CT molecular complexity index is 536. The molecule has 8 nitrogen and oxygen atoms in total. The van der Waals surface area contributed by atoms with Gasteiger partial charge in [-0.05, 0) is 38.9 Å². The minimum absolute atomic E-state index is 0.00541. The van der Waals surface area contributed by atoms with Crippen LogP contribution in [0.5, 0.6) is 0 Å². The molecule has 0 atom stereocenters. The number of rotatable bonds is 10. The summed E-state index contributed by atoms with van der Waals surface area (Å²) in [6.45, 7) is 8.06. The lowest BCUT2D eigenvalue weighted by atomic mass is 9.85. The van der Waals surface area contributed by atoms with Crippen molar-refractivity contribution in [3.05, 3.63) is 6.20 Å². The fraction of sp³-hybridized carbons (Fsp3) is 0.750. The molecule has 24 heavy (non-hydrogen) atoms. The fourth-order valence-corrected chi connectivity index (χ4v) is 2.61. The molecule has 0 saturated heterocycles. The first-order chi connectivity index (χ1) is 11.6. The van der Waals surface area contributed by atoms with Gasteiger partial charge in [0.2, 0.25) is 11.8 Å². The van der Waals surface area contributed by atoms with Gasteiger partial charge in [-0.15, -0.1) is 5.10 Å². The molecule has 2 rings (SSSR count). The van der Waals surface area contributed by atoms with Crippen molar-refractivity contribution < 1.29 is 9.59 Å². The first-order valence-corrected chi connectivity index (χ1v) is 8.82. The second-order valence-corrected chi connectivity index (χ2v) is 6.15. The molecule has 1 heterocycles. The molecule has 8 heteroatoms. The summed E-state index contributed by atoms with van der Waals surface area (Å²) < 4.78 is 1.44. The minimum Gasteiger partial charge on any atom is -0.354 e. The van der Waals surface area contributed by atoms with Gasteiger partial charge in [-0.1, -0.05) is 25.5 Å². The van der Waals surface area contributed by atoms with Gasteiger partial charge >= 0.3 is 0 Å². The number of carbonyl (C=O) groups is 2. The van der Waals surface area contributed by atoms with E-state index in [9.17, 15) is 9.59 Å². The minimum atomic E-state index is -0.101. The largest absolute Gasteiger partial charge is 0.354 e. The van der Waals surface area contributed by atoms with Gasteiger partial charge in [0, 0.05) is 12.5 Å². The quantitative estimate of drug-likeness (QED) is 0.619. The first kappa shape index (κ1) is 18.4. The van der Waals surface area contributed by atoms with Crippen LogP contribution in [0.2, 0.25) is 0 Å². The molecule has 1 fully saturated rings. The van der Waals surface area contributed by atoms with Gasteiger partial charge in [0.25, 0.3) is 0 Å². The molecule has 1 saturated carbocycles. The SMILES string of the molecule is CCN(CC)CCCNC(=O)Cn1cc(NC(=O)C2CCC2)nn1. The number of carbonyl (C=O) groups excluding carboxylic acids is 2. The second-order valence-electron chi connectivity index (χ2n) is 6.15. The predicted molar refractivity (Wildman–Crippen MR) is 91.4 cm³/mol. The van der Waals surface area contributed by atoms with E-state index in [0.29, 0.717) is 12.4 Å². The summed E-state index contributed by atoms with van der Waals surface area (Å²) in [4.78, 5) is 26.0. The van der Waals surface area contributed by atoms with Crippen molar-refractivity contribution in [1.29, 1.82) is 0 Å². The maximum absolute atomic E-state index is 11.9. The van der Waals surface area contributed by atoms with Crippen molar-refractivity contribution in [2.45, 2.75) is 46.1 Å². The normalized spacial score (nSPS) is 14.5. The molecule has 2 N–H and O–H groups in total. The van der Waals surface area contributed by atoms with Crippen LogP contribution in [0.25, 0.3) is 0 Å². The number of amides is 2. The summed E-state index contributed by atoms with van der Waals surface area (Å²) in [5.74, 6) is 0.399. The standard InChI is InChI=1S/C16H28N6O2/c1-3-21(4-2)10-6-9-17-15(23)12-22-11-14(19-20-22)18-16(24)13-7-5-8-13/h11,13H,3-10,12H2,1-2H3,(H,17,23)(H,18,24). The van der Waals surface area contributed by atoms with Crippen LogP contribution in [0.4, 0.5) is 5.82 Å². The van der Waals surface area contributed by atoms with E-state index in [1.165, 1.54) is 4.68 Å². The lowest BCUT2D eigenvalue weighted by Gasteiger charge is -2.23. The van der Waals surface area contributed by atoms with E-state index >= 15 is 0 Å². The molecule has 0 unspecified atom stereocenters. The van der Waals surface area contributed by atoms with Gasteiger partial charge in [-0.3, -0.25) is 9.59 Å². The van der Waals surface area contributed by atoms with Gasteiger partial charge in [0.15, 0.2) is 5.82 Å². The van der Waals surface area contributed by atoms with Crippen molar-refractivity contribution in [2.24, 2.45) is 5.92 Å². The molecular formula is C16H28N6O2. The van der Waals surface area contributed by atoms with E-state index in [-0.39, 0.29) is 24.3 Å². The highest BCUT2D eigenvalue weighted by atomic mass is 16.2. The summed E-state index contributed by atoms with van der Waals surface area (Å²) in [6.07, 6.45) is 5.50. The number of nitrogens with zero attached hydrogens (tertiary/aromatic N) is 4. The highest BCUT2D eigenvalue weighted by Crippen LogP contribution is 2.27. The highest BCUT2D eigenvalue weighted by Gasteiger charge is 2.25. The third-order valence-corrected chi connectivity index (χ3v) is 4.44. The lowest BCUT2D eigenvalue weighted by Crippen LogP contribution is -2.32. The van der Waals surface area contributed by atoms with Crippen molar-refractivity contribution in [2.75, 3.05) is 31.5 Å². The summed E-state index contributed by atoms with van der Waals surface area (Å²) in [7, 11) is 0. The third-order valence-electron chi connectivity index (χ3n) is 4.44. The van der Waals surface area contributed by atoms with Crippen molar-refractivity contribution in [3.63, 3.8) is 0 Å². The molecule has 0 aliphatic heterocycles. The number of aromatic nitrogens is 3. The van der Waals surface area contributed by atoms with Crippen LogP contribution in [0.15, 0.2) is 6.20 Å². The monoisotopic (exact) mass is 336 g/mol.